The van der Waals surface area contributed by atoms with Crippen molar-refractivity contribution in [2.45, 2.75) is 5.41 Å². The van der Waals surface area contributed by atoms with Gasteiger partial charge in [-0.1, -0.05) is 218 Å². The van der Waals surface area contributed by atoms with Crippen LogP contribution in [0.15, 0.2) is 296 Å². The van der Waals surface area contributed by atoms with Crippen LogP contribution in [0, 0.1) is 0 Å². The summed E-state index contributed by atoms with van der Waals surface area (Å²) in [7, 11) is 0. The van der Waals surface area contributed by atoms with E-state index in [1.807, 2.05) is 6.07 Å². The Morgan fingerprint density at radius 2 is 0.776 bits per heavy atom. The molecule has 0 fully saturated rings. The van der Waals surface area contributed by atoms with Gasteiger partial charge in [0.2, 0.25) is 0 Å². The second kappa shape index (κ2) is 17.6. The van der Waals surface area contributed by atoms with Gasteiger partial charge in [-0.05, 0) is 134 Å². The Hall–Kier alpha value is -9.96. The molecule has 356 valence electrons. The van der Waals surface area contributed by atoms with Crippen molar-refractivity contribution in [1.82, 2.24) is 4.57 Å². The van der Waals surface area contributed by atoms with E-state index in [1.165, 1.54) is 71.9 Å². The van der Waals surface area contributed by atoms with Crippen molar-refractivity contribution in [2.75, 3.05) is 4.90 Å². The van der Waals surface area contributed by atoms with Gasteiger partial charge in [0.1, 0.15) is 11.2 Å². The van der Waals surface area contributed by atoms with E-state index in [9.17, 15) is 0 Å². The molecule has 0 saturated heterocycles. The molecule has 2 aromatic heterocycles. The molecule has 1 aliphatic rings. The van der Waals surface area contributed by atoms with E-state index in [4.69, 9.17) is 4.42 Å². The fourth-order valence-electron chi connectivity index (χ4n) is 12.4. The van der Waals surface area contributed by atoms with Crippen molar-refractivity contribution in [3.8, 4) is 50.2 Å². The Balaban J connectivity index is 0.777. The van der Waals surface area contributed by atoms with Gasteiger partial charge in [-0.3, -0.25) is 0 Å². The summed E-state index contributed by atoms with van der Waals surface area (Å²) in [5, 5.41) is 4.80. The van der Waals surface area contributed by atoms with Crippen LogP contribution in [0.25, 0.3) is 93.9 Å². The van der Waals surface area contributed by atoms with Gasteiger partial charge in [0.25, 0.3) is 0 Å². The number of fused-ring (bicyclic) bond motifs is 9. The highest BCUT2D eigenvalue weighted by molar-refractivity contribution is 6.10. The van der Waals surface area contributed by atoms with Gasteiger partial charge >= 0.3 is 0 Å². The van der Waals surface area contributed by atoms with Crippen LogP contribution in [0.5, 0.6) is 0 Å². The van der Waals surface area contributed by atoms with E-state index in [0.717, 1.165) is 61.4 Å². The summed E-state index contributed by atoms with van der Waals surface area (Å²) in [6.45, 7) is 0. The Labute approximate surface area is 441 Å². The summed E-state index contributed by atoms with van der Waals surface area (Å²) >= 11 is 0. The average molecular weight is 969 g/mol. The van der Waals surface area contributed by atoms with Crippen molar-refractivity contribution < 1.29 is 4.42 Å². The second-order valence-electron chi connectivity index (χ2n) is 20.0. The lowest BCUT2D eigenvalue weighted by molar-refractivity contribution is 0.670. The molecule has 0 radical (unpaired) electrons. The molecule has 14 aromatic rings. The van der Waals surface area contributed by atoms with E-state index < -0.39 is 5.41 Å². The Kier molecular flexibility index (Phi) is 10.1. The smallest absolute Gasteiger partial charge is 0.143 e. The molecular formula is C73H48N2O. The van der Waals surface area contributed by atoms with Gasteiger partial charge in [-0.2, -0.15) is 0 Å². The minimum absolute atomic E-state index is 0.558. The number of hydrogen-bond donors (Lipinski definition) is 0. The van der Waals surface area contributed by atoms with E-state index in [0.29, 0.717) is 0 Å². The van der Waals surface area contributed by atoms with E-state index in [2.05, 4.69) is 295 Å². The molecular weight excluding hydrogens is 921 g/mol. The maximum absolute atomic E-state index is 6.52. The van der Waals surface area contributed by atoms with Crippen molar-refractivity contribution >= 4 is 60.8 Å². The lowest BCUT2D eigenvalue weighted by Gasteiger charge is -2.34. The minimum atomic E-state index is -0.558. The Morgan fingerprint density at radius 3 is 1.46 bits per heavy atom. The summed E-state index contributed by atoms with van der Waals surface area (Å²) < 4.78 is 8.88. The monoisotopic (exact) mass is 968 g/mol. The zero-order valence-electron chi connectivity index (χ0n) is 41.5. The van der Waals surface area contributed by atoms with Crippen molar-refractivity contribution in [3.63, 3.8) is 0 Å². The van der Waals surface area contributed by atoms with Crippen LogP contribution in [0.3, 0.4) is 0 Å². The molecule has 12 aromatic carbocycles. The molecule has 15 rings (SSSR count). The summed E-state index contributed by atoms with van der Waals surface area (Å²) in [6, 6.07) is 106. The number of rotatable bonds is 9. The Bertz CT molecular complexity index is 4420. The zero-order chi connectivity index (χ0) is 50.2. The number of hydrogen-bond acceptors (Lipinski definition) is 2. The SMILES string of the molecule is c1ccc(N(c2ccc(-c3ccc(-n4c5ccccc5c5ccccc54)cc3)cc2)c2ccc(-c3ccc4c(c3)C(c3ccccc3)(c3ccc(-c5cccc6c5oc5ccccc56)cc3)c3ccccc3-4)cc2)cc1. The first-order valence-electron chi connectivity index (χ1n) is 26.1. The standard InChI is InChI=1S/C73H48N2O/c1-3-16-54(17-4-1)73(55-39-30-52(31-40-55)60-24-15-25-66-65-23-10-14-29-71(65)76-72(60)66)67-26-11-7-20-61(67)62-47-38-53(48-68(62)73)51-36-43-58(44-37-51)74(56-18-5-2-6-19-56)57-41-32-49(33-42-57)50-34-45-59(46-35-50)75-69-27-12-8-21-63(69)64-22-9-13-28-70(64)75/h1-48H. The lowest BCUT2D eigenvalue weighted by Crippen LogP contribution is -2.28. The first-order chi connectivity index (χ1) is 37.7. The molecule has 3 nitrogen and oxygen atoms in total. The van der Waals surface area contributed by atoms with E-state index in [-0.39, 0.29) is 0 Å². The summed E-state index contributed by atoms with van der Waals surface area (Å²) in [5.74, 6) is 0. The number of furan rings is 1. The van der Waals surface area contributed by atoms with Gasteiger partial charge < -0.3 is 13.9 Å². The van der Waals surface area contributed by atoms with Gasteiger partial charge in [0.15, 0.2) is 0 Å². The van der Waals surface area contributed by atoms with E-state index >= 15 is 0 Å². The molecule has 1 aliphatic carbocycles. The number of aromatic nitrogens is 1. The quantitative estimate of drug-likeness (QED) is 0.144. The summed E-state index contributed by atoms with van der Waals surface area (Å²) in [4.78, 5) is 2.34. The molecule has 0 bridgehead atoms. The average Bonchev–Trinajstić information content (AvgIpc) is 4.16. The summed E-state index contributed by atoms with van der Waals surface area (Å²) in [5.41, 5.74) is 22.6. The normalized spacial score (nSPS) is 13.8. The van der Waals surface area contributed by atoms with Crippen LogP contribution in [0.1, 0.15) is 22.3 Å². The highest BCUT2D eigenvalue weighted by Gasteiger charge is 2.46. The molecule has 1 atom stereocenters. The third-order valence-electron chi connectivity index (χ3n) is 15.9. The molecule has 3 heteroatoms. The fraction of sp³-hybridized carbons (Fsp3) is 0.0137. The molecule has 76 heavy (non-hydrogen) atoms. The third kappa shape index (κ3) is 6.83. The van der Waals surface area contributed by atoms with Crippen LogP contribution >= 0.6 is 0 Å². The molecule has 0 N–H and O–H groups in total. The highest BCUT2D eigenvalue weighted by atomic mass is 16.3. The van der Waals surface area contributed by atoms with Crippen LogP contribution < -0.4 is 4.90 Å². The van der Waals surface area contributed by atoms with Crippen LogP contribution in [0.2, 0.25) is 0 Å². The number of nitrogens with zero attached hydrogens (tertiary/aromatic N) is 2. The topological polar surface area (TPSA) is 21.3 Å². The number of para-hydroxylation sites is 5. The number of benzene rings is 12. The maximum Gasteiger partial charge on any atom is 0.143 e. The van der Waals surface area contributed by atoms with Crippen molar-refractivity contribution in [3.05, 3.63) is 313 Å². The molecule has 0 amide bonds. The Morgan fingerprint density at radius 1 is 0.303 bits per heavy atom. The summed E-state index contributed by atoms with van der Waals surface area (Å²) in [6.07, 6.45) is 0. The van der Waals surface area contributed by atoms with Crippen molar-refractivity contribution in [1.29, 1.82) is 0 Å². The third-order valence-corrected chi connectivity index (χ3v) is 15.9. The van der Waals surface area contributed by atoms with Gasteiger partial charge in [-0.25, -0.2) is 0 Å². The maximum atomic E-state index is 6.52. The highest BCUT2D eigenvalue weighted by Crippen LogP contribution is 2.57. The molecule has 0 spiro atoms. The molecule has 0 saturated carbocycles. The van der Waals surface area contributed by atoms with Crippen LogP contribution in [0.4, 0.5) is 17.1 Å². The van der Waals surface area contributed by atoms with Crippen LogP contribution in [-0.2, 0) is 5.41 Å². The lowest BCUT2D eigenvalue weighted by atomic mass is 9.67. The zero-order valence-corrected chi connectivity index (χ0v) is 41.5. The second-order valence-corrected chi connectivity index (χ2v) is 20.0. The largest absolute Gasteiger partial charge is 0.455 e. The van der Waals surface area contributed by atoms with E-state index in [1.54, 1.807) is 0 Å². The predicted molar refractivity (Wildman–Crippen MR) is 316 cm³/mol. The molecule has 0 aliphatic heterocycles. The molecule has 2 heterocycles. The fourth-order valence-corrected chi connectivity index (χ4v) is 12.4. The molecule has 1 unspecified atom stereocenters. The van der Waals surface area contributed by atoms with Gasteiger partial charge in [0, 0.05) is 49.9 Å². The van der Waals surface area contributed by atoms with Crippen LogP contribution in [-0.4, -0.2) is 4.57 Å². The minimum Gasteiger partial charge on any atom is -0.455 e. The predicted octanol–water partition coefficient (Wildman–Crippen LogP) is 19.5. The number of anilines is 3. The van der Waals surface area contributed by atoms with Gasteiger partial charge in [0.05, 0.1) is 16.4 Å². The van der Waals surface area contributed by atoms with Crippen molar-refractivity contribution in [2.24, 2.45) is 0 Å². The first kappa shape index (κ1) is 43.6. The van der Waals surface area contributed by atoms with Gasteiger partial charge in [-0.15, -0.1) is 0 Å². The first-order valence-corrected chi connectivity index (χ1v) is 26.1.